The number of carbonyl (C=O) groups is 1. The molecule has 0 spiro atoms. The second kappa shape index (κ2) is 7.29. The molecule has 4 heteroatoms. The molecule has 116 valence electrons. The Bertz CT molecular complexity index is 827. The van der Waals surface area contributed by atoms with E-state index >= 15 is 0 Å². The van der Waals surface area contributed by atoms with Gasteiger partial charge in [0.25, 0.3) is 0 Å². The summed E-state index contributed by atoms with van der Waals surface area (Å²) in [5, 5.41) is 7.97. The summed E-state index contributed by atoms with van der Waals surface area (Å²) in [4.78, 5) is 12.1. The van der Waals surface area contributed by atoms with Crippen LogP contribution in [0, 0.1) is 0 Å². The third-order valence-corrected chi connectivity index (χ3v) is 4.45. The Balaban J connectivity index is 1.60. The van der Waals surface area contributed by atoms with Crippen LogP contribution in [-0.4, -0.2) is 12.6 Å². The lowest BCUT2D eigenvalue weighted by molar-refractivity contribution is 0.252. The number of nitrogens with one attached hydrogen (secondary N) is 2. The van der Waals surface area contributed by atoms with Crippen LogP contribution in [-0.2, 0) is 6.42 Å². The van der Waals surface area contributed by atoms with Crippen molar-refractivity contribution in [1.82, 2.24) is 5.32 Å². The fraction of sp³-hybridized carbons (Fsp3) is 0.105. The van der Waals surface area contributed by atoms with Gasteiger partial charge in [-0.25, -0.2) is 4.79 Å². The number of urea groups is 1. The predicted molar refractivity (Wildman–Crippen MR) is 98.8 cm³/mol. The molecule has 3 nitrogen and oxygen atoms in total. The maximum absolute atomic E-state index is 12.1. The Morgan fingerprint density at radius 1 is 0.913 bits per heavy atom. The Kier molecular flexibility index (Phi) is 4.93. The smallest absolute Gasteiger partial charge is 0.319 e. The number of halogens is 1. The largest absolute Gasteiger partial charge is 0.338 e. The van der Waals surface area contributed by atoms with Crippen LogP contribution in [0.5, 0.6) is 0 Å². The fourth-order valence-electron chi connectivity index (χ4n) is 2.51. The molecule has 0 saturated heterocycles. The third kappa shape index (κ3) is 3.90. The van der Waals surface area contributed by atoms with Gasteiger partial charge < -0.3 is 10.6 Å². The molecule has 0 fully saturated rings. The molecule has 0 aliphatic rings. The average molecular weight is 369 g/mol. The Hall–Kier alpha value is -2.33. The minimum atomic E-state index is -0.187. The molecule has 0 saturated carbocycles. The molecule has 3 rings (SSSR count). The molecule has 2 amide bonds. The zero-order chi connectivity index (χ0) is 16.1. The number of amides is 2. The fourth-order valence-corrected chi connectivity index (χ4v) is 3.00. The average Bonchev–Trinajstić information content (AvgIpc) is 2.57. The summed E-state index contributed by atoms with van der Waals surface area (Å²) < 4.78 is 1.07. The highest BCUT2D eigenvalue weighted by atomic mass is 79.9. The summed E-state index contributed by atoms with van der Waals surface area (Å²) in [6.45, 7) is 0.583. The first-order valence-corrected chi connectivity index (χ1v) is 8.29. The van der Waals surface area contributed by atoms with E-state index in [-0.39, 0.29) is 6.03 Å². The molecule has 0 heterocycles. The number of fused-ring (bicyclic) bond motifs is 1. The normalized spacial score (nSPS) is 10.5. The van der Waals surface area contributed by atoms with E-state index in [4.69, 9.17) is 0 Å². The van der Waals surface area contributed by atoms with Gasteiger partial charge in [0.15, 0.2) is 0 Å². The zero-order valence-corrected chi connectivity index (χ0v) is 14.1. The van der Waals surface area contributed by atoms with Gasteiger partial charge >= 0.3 is 6.03 Å². The zero-order valence-electron chi connectivity index (χ0n) is 12.6. The van der Waals surface area contributed by atoms with Crippen LogP contribution in [0.15, 0.2) is 71.2 Å². The van der Waals surface area contributed by atoms with Gasteiger partial charge in [-0.1, -0.05) is 70.5 Å². The second-order valence-corrected chi connectivity index (χ2v) is 6.10. The highest BCUT2D eigenvalue weighted by Gasteiger charge is 2.05. The first-order valence-electron chi connectivity index (χ1n) is 7.50. The van der Waals surface area contributed by atoms with Gasteiger partial charge in [0.05, 0.1) is 5.69 Å². The van der Waals surface area contributed by atoms with Crippen LogP contribution in [0.25, 0.3) is 10.8 Å². The van der Waals surface area contributed by atoms with Crippen LogP contribution < -0.4 is 10.6 Å². The van der Waals surface area contributed by atoms with Gasteiger partial charge in [-0.15, -0.1) is 0 Å². The standard InChI is InChI=1S/C19H17BrN2O/c20-17-10-4-2-7-15(17)12-13-21-19(23)22-18-11-5-8-14-6-1-3-9-16(14)18/h1-11H,12-13H2,(H2,21,22,23). The molecule has 0 atom stereocenters. The highest BCUT2D eigenvalue weighted by Crippen LogP contribution is 2.22. The van der Waals surface area contributed by atoms with Gasteiger partial charge in [-0.3, -0.25) is 0 Å². The van der Waals surface area contributed by atoms with Crippen LogP contribution in [0.1, 0.15) is 5.56 Å². The lowest BCUT2D eigenvalue weighted by Crippen LogP contribution is -2.30. The highest BCUT2D eigenvalue weighted by molar-refractivity contribution is 9.10. The molecular weight excluding hydrogens is 352 g/mol. The van der Waals surface area contributed by atoms with Crippen molar-refractivity contribution in [3.8, 4) is 0 Å². The van der Waals surface area contributed by atoms with Crippen molar-refractivity contribution in [3.05, 3.63) is 76.8 Å². The van der Waals surface area contributed by atoms with E-state index in [0.29, 0.717) is 6.54 Å². The molecule has 23 heavy (non-hydrogen) atoms. The number of hydrogen-bond donors (Lipinski definition) is 2. The summed E-state index contributed by atoms with van der Waals surface area (Å²) in [5.74, 6) is 0. The minimum Gasteiger partial charge on any atom is -0.338 e. The van der Waals surface area contributed by atoms with E-state index in [9.17, 15) is 4.79 Å². The van der Waals surface area contributed by atoms with Crippen molar-refractivity contribution in [2.75, 3.05) is 11.9 Å². The number of anilines is 1. The molecule has 0 aliphatic carbocycles. The Morgan fingerprint density at radius 2 is 1.65 bits per heavy atom. The van der Waals surface area contributed by atoms with Crippen molar-refractivity contribution in [1.29, 1.82) is 0 Å². The molecule has 2 N–H and O–H groups in total. The van der Waals surface area contributed by atoms with E-state index in [1.54, 1.807) is 0 Å². The topological polar surface area (TPSA) is 41.1 Å². The third-order valence-electron chi connectivity index (χ3n) is 3.68. The SMILES string of the molecule is O=C(NCCc1ccccc1Br)Nc1cccc2ccccc12. The van der Waals surface area contributed by atoms with E-state index in [0.717, 1.165) is 27.4 Å². The van der Waals surface area contributed by atoms with Crippen molar-refractivity contribution in [3.63, 3.8) is 0 Å². The monoisotopic (exact) mass is 368 g/mol. The number of benzene rings is 3. The van der Waals surface area contributed by atoms with E-state index in [2.05, 4.69) is 26.6 Å². The van der Waals surface area contributed by atoms with E-state index in [1.807, 2.05) is 66.7 Å². The molecule has 0 radical (unpaired) electrons. The van der Waals surface area contributed by atoms with Crippen LogP contribution in [0.4, 0.5) is 10.5 Å². The quantitative estimate of drug-likeness (QED) is 0.670. The molecule has 0 unspecified atom stereocenters. The second-order valence-electron chi connectivity index (χ2n) is 5.25. The summed E-state index contributed by atoms with van der Waals surface area (Å²) in [5.41, 5.74) is 2.00. The Labute approximate surface area is 143 Å². The summed E-state index contributed by atoms with van der Waals surface area (Å²) >= 11 is 3.52. The van der Waals surface area contributed by atoms with Gasteiger partial charge in [-0.2, -0.15) is 0 Å². The van der Waals surface area contributed by atoms with Gasteiger partial charge in [0.2, 0.25) is 0 Å². The summed E-state index contributed by atoms with van der Waals surface area (Å²) in [6.07, 6.45) is 0.782. The number of carbonyl (C=O) groups excluding carboxylic acids is 1. The summed E-state index contributed by atoms with van der Waals surface area (Å²) in [6, 6.07) is 21.7. The lowest BCUT2D eigenvalue weighted by Gasteiger charge is -2.10. The predicted octanol–water partition coefficient (Wildman–Crippen LogP) is 4.97. The maximum Gasteiger partial charge on any atom is 0.319 e. The number of rotatable bonds is 4. The van der Waals surface area contributed by atoms with E-state index in [1.165, 1.54) is 5.56 Å². The van der Waals surface area contributed by atoms with Crippen molar-refractivity contribution in [2.24, 2.45) is 0 Å². The lowest BCUT2D eigenvalue weighted by atomic mass is 10.1. The molecule has 0 aliphatic heterocycles. The number of hydrogen-bond acceptors (Lipinski definition) is 1. The van der Waals surface area contributed by atoms with Crippen molar-refractivity contribution >= 4 is 38.4 Å². The Morgan fingerprint density at radius 3 is 2.52 bits per heavy atom. The maximum atomic E-state index is 12.1. The van der Waals surface area contributed by atoms with Gasteiger partial charge in [-0.05, 0) is 29.5 Å². The summed E-state index contributed by atoms with van der Waals surface area (Å²) in [7, 11) is 0. The van der Waals surface area contributed by atoms with E-state index < -0.39 is 0 Å². The van der Waals surface area contributed by atoms with Gasteiger partial charge in [0.1, 0.15) is 0 Å². The molecule has 3 aromatic rings. The van der Waals surface area contributed by atoms with Crippen LogP contribution in [0.3, 0.4) is 0 Å². The first-order chi connectivity index (χ1) is 11.2. The molecular formula is C19H17BrN2O. The van der Waals surface area contributed by atoms with Crippen molar-refractivity contribution in [2.45, 2.75) is 6.42 Å². The molecule has 0 bridgehead atoms. The van der Waals surface area contributed by atoms with Crippen molar-refractivity contribution < 1.29 is 4.79 Å². The van der Waals surface area contributed by atoms with Crippen LogP contribution >= 0.6 is 15.9 Å². The molecule has 3 aromatic carbocycles. The van der Waals surface area contributed by atoms with Crippen LogP contribution in [0.2, 0.25) is 0 Å². The first kappa shape index (κ1) is 15.6. The minimum absolute atomic E-state index is 0.187. The molecule has 0 aromatic heterocycles. The van der Waals surface area contributed by atoms with Gasteiger partial charge in [0, 0.05) is 16.4 Å².